The summed E-state index contributed by atoms with van der Waals surface area (Å²) in [6.07, 6.45) is -2.93. The number of benzene rings is 1. The maximum absolute atomic E-state index is 14.6. The number of ether oxygens (including phenoxy) is 3. The molecule has 2 heterocycles. The van der Waals surface area contributed by atoms with Gasteiger partial charge in [0.15, 0.2) is 11.9 Å². The van der Waals surface area contributed by atoms with Gasteiger partial charge < -0.3 is 45.1 Å². The number of ketones is 1. The number of methoxy groups -OCH3 is 1. The zero-order valence-electron chi connectivity index (χ0n) is 39.6. The number of likely N-dealkylation sites (N-methyl/N-ethyl adjacent to an activating group) is 2. The first-order valence-corrected chi connectivity index (χ1v) is 22.7. The number of cyclic esters (lactones) is 2. The van der Waals surface area contributed by atoms with E-state index >= 15 is 0 Å². The summed E-state index contributed by atoms with van der Waals surface area (Å²) < 4.78 is 17.2. The minimum Gasteiger partial charge on any atom is -0.497 e. The fourth-order valence-electron chi connectivity index (χ4n) is 8.37. The number of hydrogen-bond donors (Lipinski definition) is 4. The smallest absolute Gasteiger partial charge is 0.329 e. The van der Waals surface area contributed by atoms with Crippen LogP contribution in [0, 0.1) is 29.6 Å². The minimum atomic E-state index is -1.47. The number of aliphatic hydroxyl groups excluding tert-OH is 1. The SMILES string of the molecule is CC[C@H](C)[C@H]1NC(=O)[C@@H](CC(=O)[C@@H](CC(C)C)NC)[C@@H](C)OC(=O)[C@H](Cc2ccc(OC)cc2)N(C)C(=O)[C@@H]2CCCN2C(=O)[C@H](CC(C)C)NC(=O)[C@H](C(C)C)OC(=O)C[C@@H]1O. The first-order chi connectivity index (χ1) is 29.6. The summed E-state index contributed by atoms with van der Waals surface area (Å²) in [6.45, 7) is 16.5. The van der Waals surface area contributed by atoms with Gasteiger partial charge in [-0.1, -0.05) is 73.9 Å². The van der Waals surface area contributed by atoms with Gasteiger partial charge in [0.1, 0.15) is 30.0 Å². The normalized spacial score (nSPS) is 27.3. The molecule has 16 nitrogen and oxygen atoms in total. The first kappa shape index (κ1) is 52.8. The standard InChI is InChI=1S/C47H75N5O11/c1-13-29(8)41-39(54)25-40(55)63-42(28(6)7)44(57)49-35(22-27(4)5)45(58)52-20-14-15-36(52)46(59)51(11)37(23-31-16-18-32(61-12)19-17-31)47(60)62-30(9)33(43(56)50-41)24-38(53)34(48-10)21-26(2)3/h16-19,26-30,33-37,39,41-42,48,54H,13-15,20-25H2,1-12H3,(H,49,57)(H,50,56)/t29-,30+,33-,34+,35-,36-,37-,39-,41+,42-/m0/s1. The van der Waals surface area contributed by atoms with E-state index in [4.69, 9.17) is 14.2 Å². The molecule has 1 aromatic rings. The van der Waals surface area contributed by atoms with Gasteiger partial charge in [0, 0.05) is 26.4 Å². The maximum atomic E-state index is 14.6. The predicted octanol–water partition coefficient (Wildman–Crippen LogP) is 3.59. The van der Waals surface area contributed by atoms with E-state index in [0.717, 1.165) is 0 Å². The van der Waals surface area contributed by atoms with Gasteiger partial charge >= 0.3 is 11.9 Å². The lowest BCUT2D eigenvalue weighted by molar-refractivity contribution is -0.164. The summed E-state index contributed by atoms with van der Waals surface area (Å²) in [5.41, 5.74) is 0.673. The Morgan fingerprint density at radius 3 is 2.14 bits per heavy atom. The van der Waals surface area contributed by atoms with Crippen LogP contribution in [0.15, 0.2) is 24.3 Å². The van der Waals surface area contributed by atoms with Crippen LogP contribution in [0.25, 0.3) is 0 Å². The number of carbonyl (C=O) groups excluding carboxylic acids is 7. The van der Waals surface area contributed by atoms with E-state index in [2.05, 4.69) is 16.0 Å². The van der Waals surface area contributed by atoms with Crippen LogP contribution in [0.5, 0.6) is 5.75 Å². The lowest BCUT2D eigenvalue weighted by Crippen LogP contribution is -2.57. The van der Waals surface area contributed by atoms with Gasteiger partial charge in [0.2, 0.25) is 17.7 Å². The molecular weight excluding hydrogens is 811 g/mol. The van der Waals surface area contributed by atoms with Crippen LogP contribution in [-0.2, 0) is 49.5 Å². The molecule has 0 aromatic heterocycles. The zero-order chi connectivity index (χ0) is 47.3. The second kappa shape index (κ2) is 24.5. The average Bonchev–Trinajstić information content (AvgIpc) is 3.72. The molecule has 2 fully saturated rings. The summed E-state index contributed by atoms with van der Waals surface area (Å²) in [5, 5.41) is 20.3. The van der Waals surface area contributed by atoms with E-state index in [-0.39, 0.29) is 49.3 Å². The number of nitrogens with one attached hydrogen (secondary N) is 3. The predicted molar refractivity (Wildman–Crippen MR) is 237 cm³/mol. The molecule has 10 atom stereocenters. The van der Waals surface area contributed by atoms with E-state index in [1.54, 1.807) is 52.1 Å². The van der Waals surface area contributed by atoms with Gasteiger partial charge in [-0.15, -0.1) is 0 Å². The van der Waals surface area contributed by atoms with Gasteiger partial charge in [0.25, 0.3) is 5.91 Å². The van der Waals surface area contributed by atoms with Crippen molar-refractivity contribution in [2.75, 3.05) is 27.7 Å². The highest BCUT2D eigenvalue weighted by Gasteiger charge is 2.44. The van der Waals surface area contributed by atoms with E-state index in [1.165, 1.54) is 30.9 Å². The van der Waals surface area contributed by atoms with Gasteiger partial charge in [-0.25, -0.2) is 4.79 Å². The van der Waals surface area contributed by atoms with E-state index in [0.29, 0.717) is 37.0 Å². The topological polar surface area (TPSA) is 210 Å². The molecule has 2 aliphatic rings. The highest BCUT2D eigenvalue weighted by molar-refractivity contribution is 5.95. The number of Topliss-reactive ketones (excluding diaryl/α,β-unsaturated/α-hetero) is 1. The van der Waals surface area contributed by atoms with Crippen LogP contribution in [-0.4, -0.2) is 133 Å². The van der Waals surface area contributed by atoms with Crippen molar-refractivity contribution >= 4 is 41.4 Å². The molecule has 2 saturated heterocycles. The van der Waals surface area contributed by atoms with Crippen LogP contribution < -0.4 is 20.7 Å². The third-order valence-electron chi connectivity index (χ3n) is 12.4. The second-order valence-corrected chi connectivity index (χ2v) is 18.6. The Labute approximate surface area is 374 Å². The fourth-order valence-corrected chi connectivity index (χ4v) is 8.37. The van der Waals surface area contributed by atoms with Crippen molar-refractivity contribution in [3.8, 4) is 5.75 Å². The Hall–Kier alpha value is -4.57. The number of amides is 4. The molecule has 0 spiro atoms. The second-order valence-electron chi connectivity index (χ2n) is 18.6. The molecule has 0 aliphatic carbocycles. The molecule has 2 aliphatic heterocycles. The summed E-state index contributed by atoms with van der Waals surface area (Å²) in [5.74, 6) is -5.88. The van der Waals surface area contributed by atoms with Crippen molar-refractivity contribution in [3.63, 3.8) is 0 Å². The Bertz CT molecular complexity index is 1720. The molecule has 4 N–H and O–H groups in total. The molecule has 4 amide bonds. The lowest BCUT2D eigenvalue weighted by atomic mass is 9.88. The molecule has 0 saturated carbocycles. The van der Waals surface area contributed by atoms with Crippen molar-refractivity contribution < 1.29 is 52.9 Å². The first-order valence-electron chi connectivity index (χ1n) is 22.7. The molecule has 16 heteroatoms. The van der Waals surface area contributed by atoms with Crippen molar-refractivity contribution in [2.45, 2.75) is 162 Å². The number of hydrogen-bond acceptors (Lipinski definition) is 12. The highest BCUT2D eigenvalue weighted by atomic mass is 16.6. The molecule has 0 radical (unpaired) electrons. The van der Waals surface area contributed by atoms with Crippen LogP contribution in [0.2, 0.25) is 0 Å². The molecular formula is C47H75N5O11. The third kappa shape index (κ3) is 14.7. The number of esters is 2. The third-order valence-corrected chi connectivity index (χ3v) is 12.4. The Balaban J connectivity index is 2.21. The van der Waals surface area contributed by atoms with Gasteiger partial charge in [-0.2, -0.15) is 0 Å². The van der Waals surface area contributed by atoms with Crippen molar-refractivity contribution in [3.05, 3.63) is 29.8 Å². The summed E-state index contributed by atoms with van der Waals surface area (Å²) in [4.78, 5) is 102. The molecule has 63 heavy (non-hydrogen) atoms. The molecule has 0 unspecified atom stereocenters. The maximum Gasteiger partial charge on any atom is 0.329 e. The quantitative estimate of drug-likeness (QED) is 0.198. The highest BCUT2D eigenvalue weighted by Crippen LogP contribution is 2.27. The monoisotopic (exact) mass is 886 g/mol. The van der Waals surface area contributed by atoms with E-state index < -0.39 is 102 Å². The summed E-state index contributed by atoms with van der Waals surface area (Å²) >= 11 is 0. The molecule has 0 bridgehead atoms. The van der Waals surface area contributed by atoms with Crippen molar-refractivity contribution in [1.29, 1.82) is 0 Å². The van der Waals surface area contributed by atoms with Crippen molar-refractivity contribution in [1.82, 2.24) is 25.8 Å². The van der Waals surface area contributed by atoms with Crippen LogP contribution in [0.1, 0.15) is 113 Å². The number of fused-ring (bicyclic) bond motifs is 1. The van der Waals surface area contributed by atoms with Crippen molar-refractivity contribution in [2.24, 2.45) is 29.6 Å². The van der Waals surface area contributed by atoms with E-state index in [9.17, 15) is 38.7 Å². The number of rotatable bonds is 14. The van der Waals surface area contributed by atoms with Crippen LogP contribution in [0.3, 0.4) is 0 Å². The molecule has 354 valence electrons. The van der Waals surface area contributed by atoms with Crippen LogP contribution >= 0.6 is 0 Å². The Morgan fingerprint density at radius 1 is 0.937 bits per heavy atom. The summed E-state index contributed by atoms with van der Waals surface area (Å²) in [6, 6.07) is 2.09. The summed E-state index contributed by atoms with van der Waals surface area (Å²) in [7, 11) is 4.67. The Morgan fingerprint density at radius 2 is 1.59 bits per heavy atom. The van der Waals surface area contributed by atoms with Crippen LogP contribution in [0.4, 0.5) is 0 Å². The van der Waals surface area contributed by atoms with Gasteiger partial charge in [-0.05, 0) is 81.0 Å². The largest absolute Gasteiger partial charge is 0.497 e. The Kier molecular flexibility index (Phi) is 20.5. The molecule has 3 rings (SSSR count). The van der Waals surface area contributed by atoms with E-state index in [1.807, 2.05) is 34.6 Å². The zero-order valence-corrected chi connectivity index (χ0v) is 39.6. The number of nitrogens with zero attached hydrogens (tertiary/aromatic N) is 2. The van der Waals surface area contributed by atoms with Gasteiger partial charge in [0.05, 0.1) is 37.6 Å². The number of carbonyl (C=O) groups is 7. The molecule has 1 aromatic carbocycles. The number of aliphatic hydroxyl groups is 1. The minimum absolute atomic E-state index is 0.00337. The lowest BCUT2D eigenvalue weighted by Gasteiger charge is -2.35. The fraction of sp³-hybridized carbons (Fsp3) is 0.723. The van der Waals surface area contributed by atoms with Gasteiger partial charge in [-0.3, -0.25) is 28.8 Å². The average molecular weight is 886 g/mol.